The number of hydrogen-bond donors (Lipinski definition) is 0. The van der Waals surface area contributed by atoms with E-state index in [9.17, 15) is 0 Å². The molecule has 4 atom stereocenters. The summed E-state index contributed by atoms with van der Waals surface area (Å²) in [6.07, 6.45) is 0. The van der Waals surface area contributed by atoms with Crippen LogP contribution in [0.2, 0.25) is 0 Å². The number of benzene rings is 6. The van der Waals surface area contributed by atoms with Gasteiger partial charge in [-0.05, 0) is 22.3 Å². The first kappa shape index (κ1) is 30.2. The summed E-state index contributed by atoms with van der Waals surface area (Å²) < 4.78 is 7.47. The summed E-state index contributed by atoms with van der Waals surface area (Å²) >= 11 is 0. The van der Waals surface area contributed by atoms with E-state index in [1.54, 1.807) is 0 Å². The van der Waals surface area contributed by atoms with Crippen molar-refractivity contribution in [2.75, 3.05) is 0 Å². The number of ether oxygens (including phenoxy) is 1. The second-order valence-corrected chi connectivity index (χ2v) is 12.2. The van der Waals surface area contributed by atoms with Crippen molar-refractivity contribution in [3.05, 3.63) is 202 Å². The molecule has 0 amide bonds. The molecule has 0 aliphatic carbocycles. The predicted molar refractivity (Wildman–Crippen MR) is 189 cm³/mol. The minimum atomic E-state index is 0.151. The molecule has 0 fully saturated rings. The maximum atomic E-state index is 7.47. The smallest absolute Gasteiger partial charge is 0.135 e. The maximum absolute atomic E-state index is 7.47. The Morgan fingerprint density at radius 3 is 0.733 bits per heavy atom. The minimum Gasteiger partial charge on any atom is -0.456 e. The van der Waals surface area contributed by atoms with E-state index in [1.807, 2.05) is 0 Å². The number of rotatable bonds is 10. The van der Waals surface area contributed by atoms with Gasteiger partial charge in [-0.3, -0.25) is 0 Å². The van der Waals surface area contributed by atoms with E-state index >= 15 is 0 Å². The van der Waals surface area contributed by atoms with Gasteiger partial charge in [-0.2, -0.15) is 0 Å². The van der Waals surface area contributed by atoms with Crippen LogP contribution in [0.3, 0.4) is 0 Å². The first-order chi connectivity index (χ1) is 22.0. The van der Waals surface area contributed by atoms with Crippen LogP contribution >= 0.6 is 0 Å². The quantitative estimate of drug-likeness (QED) is 0.155. The fourth-order valence-corrected chi connectivity index (χ4v) is 6.53. The lowest BCUT2D eigenvalue weighted by atomic mass is 9.85. The molecule has 6 rings (SSSR count). The monoisotopic (exact) mass is 586 g/mol. The molecule has 0 N–H and O–H groups in total. The molecular weight excluding hydrogens is 544 g/mol. The van der Waals surface area contributed by atoms with E-state index in [4.69, 9.17) is 4.74 Å². The first-order valence-corrected chi connectivity index (χ1v) is 16.2. The van der Waals surface area contributed by atoms with Gasteiger partial charge in [-0.15, -0.1) is 0 Å². The fraction of sp³-hybridized carbons (Fsp3) is 0.182. The van der Waals surface area contributed by atoms with Crippen molar-refractivity contribution in [1.29, 1.82) is 0 Å². The van der Waals surface area contributed by atoms with Crippen molar-refractivity contribution < 1.29 is 4.74 Å². The van der Waals surface area contributed by atoms with Crippen molar-refractivity contribution in [1.82, 2.24) is 0 Å². The average Bonchev–Trinajstić information content (AvgIpc) is 3.12. The standard InChI is InChI=1S/C44H42O/c1-31(35-19-9-5-10-20-35)39-27-17-28-40(32(2)36-21-11-6-12-22-36)43(39)45-44-41(33(3)37-23-13-7-14-24-37)29-18-30-42(44)34(4)38-25-15-8-16-26-38/h5-34H,1-4H3. The van der Waals surface area contributed by atoms with Crippen molar-refractivity contribution in [2.45, 2.75) is 51.4 Å². The second kappa shape index (κ2) is 13.8. The fourth-order valence-electron chi connectivity index (χ4n) is 6.53. The highest BCUT2D eigenvalue weighted by molar-refractivity contribution is 5.57. The molecule has 0 aromatic heterocycles. The van der Waals surface area contributed by atoms with Crippen molar-refractivity contribution >= 4 is 0 Å². The SMILES string of the molecule is CC(c1ccccc1)c1cccc(C(C)c2ccccc2)c1Oc1c(C(C)c2ccccc2)cccc1C(C)c1ccccc1. The summed E-state index contributed by atoms with van der Waals surface area (Å²) in [6, 6.07) is 56.5. The van der Waals surface area contributed by atoms with Crippen LogP contribution in [0, 0.1) is 0 Å². The first-order valence-electron chi connectivity index (χ1n) is 16.2. The summed E-state index contributed by atoms with van der Waals surface area (Å²) in [4.78, 5) is 0. The maximum Gasteiger partial charge on any atom is 0.135 e. The molecule has 4 unspecified atom stereocenters. The van der Waals surface area contributed by atoms with Crippen molar-refractivity contribution in [3.63, 3.8) is 0 Å². The lowest BCUT2D eigenvalue weighted by molar-refractivity contribution is 0.451. The molecule has 0 aliphatic rings. The Morgan fingerprint density at radius 1 is 0.289 bits per heavy atom. The molecule has 1 heteroatoms. The van der Waals surface area contributed by atoms with Crippen LogP contribution < -0.4 is 4.74 Å². The molecule has 0 saturated heterocycles. The number of para-hydroxylation sites is 2. The number of hydrogen-bond acceptors (Lipinski definition) is 1. The van der Waals surface area contributed by atoms with E-state index in [0.29, 0.717) is 0 Å². The van der Waals surface area contributed by atoms with E-state index in [0.717, 1.165) is 11.5 Å². The van der Waals surface area contributed by atoms with E-state index in [1.165, 1.54) is 44.5 Å². The molecule has 224 valence electrons. The van der Waals surface area contributed by atoms with Gasteiger partial charge >= 0.3 is 0 Å². The Kier molecular flexibility index (Phi) is 9.27. The van der Waals surface area contributed by atoms with Crippen molar-refractivity contribution in [3.8, 4) is 11.5 Å². The zero-order valence-electron chi connectivity index (χ0n) is 26.7. The molecule has 0 bridgehead atoms. The van der Waals surface area contributed by atoms with Gasteiger partial charge in [0.25, 0.3) is 0 Å². The Hall–Kier alpha value is -4.88. The summed E-state index contributed by atoms with van der Waals surface area (Å²) in [5, 5.41) is 0. The van der Waals surface area contributed by atoms with Crippen LogP contribution in [0.15, 0.2) is 158 Å². The van der Waals surface area contributed by atoms with Gasteiger partial charge < -0.3 is 4.74 Å². The third-order valence-corrected chi connectivity index (χ3v) is 9.42. The highest BCUT2D eigenvalue weighted by Crippen LogP contribution is 2.46. The van der Waals surface area contributed by atoms with Crippen LogP contribution in [0.4, 0.5) is 0 Å². The van der Waals surface area contributed by atoms with Crippen LogP contribution in [0.1, 0.15) is 95.9 Å². The second-order valence-electron chi connectivity index (χ2n) is 12.2. The molecule has 0 heterocycles. The molecular formula is C44H42O. The molecule has 6 aromatic carbocycles. The minimum absolute atomic E-state index is 0.151. The van der Waals surface area contributed by atoms with E-state index < -0.39 is 0 Å². The van der Waals surface area contributed by atoms with Gasteiger partial charge in [0.15, 0.2) is 0 Å². The third kappa shape index (κ3) is 6.49. The van der Waals surface area contributed by atoms with E-state index in [-0.39, 0.29) is 23.7 Å². The Morgan fingerprint density at radius 2 is 0.511 bits per heavy atom. The summed E-state index contributed by atoms with van der Waals surface area (Å²) in [7, 11) is 0. The summed E-state index contributed by atoms with van der Waals surface area (Å²) in [5.74, 6) is 2.52. The van der Waals surface area contributed by atoms with Gasteiger partial charge in [0.05, 0.1) is 0 Å². The summed E-state index contributed by atoms with van der Waals surface area (Å²) in [6.45, 7) is 9.17. The largest absolute Gasteiger partial charge is 0.456 e. The molecule has 0 saturated carbocycles. The van der Waals surface area contributed by atoms with Crippen LogP contribution in [-0.4, -0.2) is 0 Å². The highest BCUT2D eigenvalue weighted by atomic mass is 16.5. The van der Waals surface area contributed by atoms with Crippen LogP contribution in [-0.2, 0) is 0 Å². The predicted octanol–water partition coefficient (Wildman–Crippen LogP) is 12.1. The Balaban J connectivity index is 1.56. The zero-order chi connectivity index (χ0) is 31.2. The molecule has 1 nitrogen and oxygen atoms in total. The zero-order valence-corrected chi connectivity index (χ0v) is 26.7. The summed E-state index contributed by atoms with van der Waals surface area (Å²) in [5.41, 5.74) is 9.88. The van der Waals surface area contributed by atoms with Gasteiger partial charge in [0, 0.05) is 45.9 Å². The van der Waals surface area contributed by atoms with Gasteiger partial charge in [-0.1, -0.05) is 185 Å². The Bertz CT molecular complexity index is 1550. The molecule has 0 spiro atoms. The van der Waals surface area contributed by atoms with Crippen LogP contribution in [0.5, 0.6) is 11.5 Å². The highest BCUT2D eigenvalue weighted by Gasteiger charge is 2.26. The average molecular weight is 587 g/mol. The van der Waals surface area contributed by atoms with Crippen LogP contribution in [0.25, 0.3) is 0 Å². The molecule has 45 heavy (non-hydrogen) atoms. The van der Waals surface area contributed by atoms with Gasteiger partial charge in [0.2, 0.25) is 0 Å². The van der Waals surface area contributed by atoms with Crippen molar-refractivity contribution in [2.24, 2.45) is 0 Å². The normalized spacial score (nSPS) is 13.9. The molecule has 0 aliphatic heterocycles. The molecule has 6 aromatic rings. The molecule has 0 radical (unpaired) electrons. The lowest BCUT2D eigenvalue weighted by Gasteiger charge is -2.28. The van der Waals surface area contributed by atoms with E-state index in [2.05, 4.69) is 185 Å². The van der Waals surface area contributed by atoms with Gasteiger partial charge in [0.1, 0.15) is 11.5 Å². The topological polar surface area (TPSA) is 9.23 Å². The Labute approximate surface area is 269 Å². The van der Waals surface area contributed by atoms with Gasteiger partial charge in [-0.25, -0.2) is 0 Å². The lowest BCUT2D eigenvalue weighted by Crippen LogP contribution is -2.09. The third-order valence-electron chi connectivity index (χ3n) is 9.42.